The molecule has 0 saturated heterocycles. The van der Waals surface area contributed by atoms with E-state index in [4.69, 9.17) is 4.74 Å². The molecule has 1 aromatic heterocycles. The summed E-state index contributed by atoms with van der Waals surface area (Å²) < 4.78 is 46.0. The smallest absolute Gasteiger partial charge is 0.422 e. The third kappa shape index (κ3) is 4.59. The normalized spacial score (nSPS) is 14.4. The molecular weight excluding hydrogens is 377 g/mol. The van der Waals surface area contributed by atoms with E-state index in [1.54, 1.807) is 4.90 Å². The van der Waals surface area contributed by atoms with Gasteiger partial charge in [-0.15, -0.1) is 0 Å². The van der Waals surface area contributed by atoms with Crippen molar-refractivity contribution in [3.8, 4) is 5.88 Å². The zero-order valence-electron chi connectivity index (χ0n) is 14.9. The molecule has 1 atom stereocenters. The average molecular weight is 394 g/mol. The maximum atomic E-state index is 12.6. The molecule has 3 rings (SSSR count). The zero-order valence-corrected chi connectivity index (χ0v) is 14.9. The predicted molar refractivity (Wildman–Crippen MR) is 93.2 cm³/mol. The Hall–Kier alpha value is -3.10. The highest BCUT2D eigenvalue weighted by Crippen LogP contribution is 2.28. The number of amides is 1. The Morgan fingerprint density at radius 1 is 1.21 bits per heavy atom. The van der Waals surface area contributed by atoms with Crippen molar-refractivity contribution in [2.45, 2.75) is 25.6 Å². The topological polar surface area (TPSA) is 68.7 Å². The molecule has 0 fully saturated rings. The van der Waals surface area contributed by atoms with Gasteiger partial charge >= 0.3 is 12.1 Å². The van der Waals surface area contributed by atoms with Crippen molar-refractivity contribution in [2.24, 2.45) is 0 Å². The number of pyridine rings is 1. The number of halogens is 3. The lowest BCUT2D eigenvalue weighted by atomic mass is 10.2. The summed E-state index contributed by atoms with van der Waals surface area (Å²) in [6.07, 6.45) is -3.74. The van der Waals surface area contributed by atoms with Gasteiger partial charge in [0.15, 0.2) is 12.7 Å². The predicted octanol–water partition coefficient (Wildman–Crippen LogP) is 3.16. The number of para-hydroxylation sites is 1. The molecule has 1 aliphatic heterocycles. The van der Waals surface area contributed by atoms with Gasteiger partial charge in [0.25, 0.3) is 5.91 Å². The lowest BCUT2D eigenvalue weighted by Crippen LogP contribution is -2.39. The minimum Gasteiger partial charge on any atom is -0.468 e. The molecule has 0 aliphatic carbocycles. The summed E-state index contributed by atoms with van der Waals surface area (Å²) in [6.45, 7) is 0.495. The number of nitrogens with zero attached hydrogens (tertiary/aromatic N) is 2. The first-order valence-electron chi connectivity index (χ1n) is 8.50. The fraction of sp³-hybridized carbons (Fsp3) is 0.316. The van der Waals surface area contributed by atoms with Crippen molar-refractivity contribution in [3.05, 3.63) is 53.7 Å². The van der Waals surface area contributed by atoms with E-state index in [1.165, 1.54) is 13.0 Å². The fourth-order valence-electron chi connectivity index (χ4n) is 2.81. The monoisotopic (exact) mass is 394 g/mol. The first-order valence-corrected chi connectivity index (χ1v) is 8.50. The van der Waals surface area contributed by atoms with Crippen LogP contribution in [0, 0.1) is 0 Å². The molecule has 1 unspecified atom stereocenters. The van der Waals surface area contributed by atoms with Crippen LogP contribution in [0.25, 0.3) is 0 Å². The molecule has 0 radical (unpaired) electrons. The number of carbonyl (C=O) groups is 2. The van der Waals surface area contributed by atoms with Crippen molar-refractivity contribution >= 4 is 17.6 Å². The molecule has 1 amide bonds. The summed E-state index contributed by atoms with van der Waals surface area (Å²) in [4.78, 5) is 30.0. The van der Waals surface area contributed by atoms with Crippen LogP contribution in [-0.4, -0.2) is 42.3 Å². The first-order chi connectivity index (χ1) is 13.2. The highest BCUT2D eigenvalue weighted by molar-refractivity contribution is 6.00. The minimum atomic E-state index is -4.48. The standard InChI is InChI=1S/C19H17F3N2O4/c1-12(17(25)24-9-8-13-4-2-3-5-15(13)24)28-18(26)14-6-7-16(23-10-14)27-11-19(20,21)22/h2-7,10,12H,8-9,11H2,1H3. The number of carbonyl (C=O) groups excluding carboxylic acids is 2. The maximum Gasteiger partial charge on any atom is 0.422 e. The Labute approximate surface area is 158 Å². The molecule has 0 spiro atoms. The second kappa shape index (κ2) is 7.87. The van der Waals surface area contributed by atoms with E-state index >= 15 is 0 Å². The van der Waals surface area contributed by atoms with Crippen LogP contribution in [0.5, 0.6) is 5.88 Å². The van der Waals surface area contributed by atoms with Crippen LogP contribution in [0.4, 0.5) is 18.9 Å². The largest absolute Gasteiger partial charge is 0.468 e. The van der Waals surface area contributed by atoms with Gasteiger partial charge in [0.05, 0.1) is 5.56 Å². The Morgan fingerprint density at radius 3 is 2.64 bits per heavy atom. The Bertz CT molecular complexity index is 868. The fourth-order valence-corrected chi connectivity index (χ4v) is 2.81. The number of esters is 1. The van der Waals surface area contributed by atoms with Gasteiger partial charge in [0, 0.05) is 24.5 Å². The van der Waals surface area contributed by atoms with Gasteiger partial charge < -0.3 is 14.4 Å². The Balaban J connectivity index is 1.59. The Kier molecular flexibility index (Phi) is 5.53. The number of hydrogen-bond donors (Lipinski definition) is 0. The molecule has 2 aromatic rings. The number of benzene rings is 1. The van der Waals surface area contributed by atoms with Crippen LogP contribution in [0.2, 0.25) is 0 Å². The maximum absolute atomic E-state index is 12.6. The lowest BCUT2D eigenvalue weighted by molar-refractivity contribution is -0.154. The first kappa shape index (κ1) is 19.7. The second-order valence-corrected chi connectivity index (χ2v) is 6.21. The highest BCUT2D eigenvalue weighted by Gasteiger charge is 2.30. The van der Waals surface area contributed by atoms with Crippen LogP contribution in [0.3, 0.4) is 0 Å². The number of fused-ring (bicyclic) bond motifs is 1. The van der Waals surface area contributed by atoms with Crippen LogP contribution in [0.15, 0.2) is 42.6 Å². The van der Waals surface area contributed by atoms with Gasteiger partial charge in [-0.05, 0) is 31.0 Å². The molecule has 1 aliphatic rings. The average Bonchev–Trinajstić information content (AvgIpc) is 3.09. The van der Waals surface area contributed by atoms with E-state index < -0.39 is 24.9 Å². The molecule has 148 valence electrons. The highest BCUT2D eigenvalue weighted by atomic mass is 19.4. The SMILES string of the molecule is CC(OC(=O)c1ccc(OCC(F)(F)F)nc1)C(=O)N1CCc2ccccc21. The van der Waals surface area contributed by atoms with Gasteiger partial charge in [-0.1, -0.05) is 18.2 Å². The summed E-state index contributed by atoms with van der Waals surface area (Å²) in [5, 5.41) is 0. The molecule has 0 bridgehead atoms. The number of ether oxygens (including phenoxy) is 2. The van der Waals surface area contributed by atoms with E-state index in [9.17, 15) is 22.8 Å². The van der Waals surface area contributed by atoms with Crippen molar-refractivity contribution in [2.75, 3.05) is 18.1 Å². The van der Waals surface area contributed by atoms with E-state index in [1.807, 2.05) is 24.3 Å². The molecular formula is C19H17F3N2O4. The molecule has 9 heteroatoms. The molecule has 1 aromatic carbocycles. The molecule has 6 nitrogen and oxygen atoms in total. The Morgan fingerprint density at radius 2 is 1.96 bits per heavy atom. The van der Waals surface area contributed by atoms with E-state index in [-0.39, 0.29) is 17.4 Å². The van der Waals surface area contributed by atoms with E-state index in [2.05, 4.69) is 9.72 Å². The molecule has 0 N–H and O–H groups in total. The van der Waals surface area contributed by atoms with Crippen LogP contribution in [-0.2, 0) is 16.0 Å². The zero-order chi connectivity index (χ0) is 20.3. The van der Waals surface area contributed by atoms with Crippen molar-refractivity contribution in [1.82, 2.24) is 4.98 Å². The summed E-state index contributed by atoms with van der Waals surface area (Å²) in [7, 11) is 0. The van der Waals surface area contributed by atoms with Gasteiger partial charge in [-0.25, -0.2) is 9.78 Å². The minimum absolute atomic E-state index is 0.000769. The third-order valence-corrected chi connectivity index (χ3v) is 4.14. The van der Waals surface area contributed by atoms with Crippen LogP contribution < -0.4 is 9.64 Å². The summed E-state index contributed by atoms with van der Waals surface area (Å²) in [5.74, 6) is -1.42. The lowest BCUT2D eigenvalue weighted by Gasteiger charge is -2.21. The number of anilines is 1. The molecule has 28 heavy (non-hydrogen) atoms. The summed E-state index contributed by atoms with van der Waals surface area (Å²) in [6, 6.07) is 9.85. The van der Waals surface area contributed by atoms with Gasteiger partial charge in [-0.3, -0.25) is 4.79 Å². The van der Waals surface area contributed by atoms with E-state index in [0.29, 0.717) is 6.54 Å². The van der Waals surface area contributed by atoms with Crippen LogP contribution in [0.1, 0.15) is 22.8 Å². The van der Waals surface area contributed by atoms with Crippen molar-refractivity contribution in [1.29, 1.82) is 0 Å². The summed E-state index contributed by atoms with van der Waals surface area (Å²) in [5.41, 5.74) is 1.84. The van der Waals surface area contributed by atoms with Crippen molar-refractivity contribution < 1.29 is 32.2 Å². The van der Waals surface area contributed by atoms with Gasteiger partial charge in [-0.2, -0.15) is 13.2 Å². The second-order valence-electron chi connectivity index (χ2n) is 6.21. The number of aromatic nitrogens is 1. The number of rotatable bonds is 5. The quantitative estimate of drug-likeness (QED) is 0.729. The third-order valence-electron chi connectivity index (χ3n) is 4.14. The van der Waals surface area contributed by atoms with Gasteiger partial charge in [0.1, 0.15) is 0 Å². The summed E-state index contributed by atoms with van der Waals surface area (Å²) >= 11 is 0. The number of alkyl halides is 3. The van der Waals surface area contributed by atoms with Crippen molar-refractivity contribution in [3.63, 3.8) is 0 Å². The van der Waals surface area contributed by atoms with Crippen LogP contribution >= 0.6 is 0 Å². The van der Waals surface area contributed by atoms with E-state index in [0.717, 1.165) is 29.9 Å². The van der Waals surface area contributed by atoms with Gasteiger partial charge in [0.2, 0.25) is 5.88 Å². The number of hydrogen-bond acceptors (Lipinski definition) is 5. The molecule has 2 heterocycles. The molecule has 0 saturated carbocycles.